The van der Waals surface area contributed by atoms with Crippen molar-refractivity contribution in [2.75, 3.05) is 13.7 Å². The van der Waals surface area contributed by atoms with E-state index in [4.69, 9.17) is 10.5 Å². The number of methoxy groups -OCH3 is 1. The summed E-state index contributed by atoms with van der Waals surface area (Å²) in [6, 6.07) is 4.24. The topological polar surface area (TPSA) is 98.6 Å². The van der Waals surface area contributed by atoms with E-state index in [1.165, 1.54) is 19.2 Å². The van der Waals surface area contributed by atoms with E-state index >= 15 is 0 Å². The molecule has 0 bridgehead atoms. The van der Waals surface area contributed by atoms with Crippen LogP contribution in [0.3, 0.4) is 0 Å². The third-order valence-electron chi connectivity index (χ3n) is 2.02. The number of rotatable bonds is 4. The lowest BCUT2D eigenvalue weighted by atomic mass is 10.1. The van der Waals surface area contributed by atoms with E-state index in [9.17, 15) is 15.2 Å². The minimum absolute atomic E-state index is 0.0623. The molecule has 1 aromatic carbocycles. The molecule has 0 saturated heterocycles. The van der Waals surface area contributed by atoms with E-state index in [1.807, 2.05) is 0 Å². The van der Waals surface area contributed by atoms with Gasteiger partial charge in [-0.25, -0.2) is 0 Å². The van der Waals surface area contributed by atoms with Crippen molar-refractivity contribution in [3.8, 4) is 5.75 Å². The fraction of sp³-hybridized carbons (Fsp3) is 0.333. The SMILES string of the molecule is COc1ccc(C(O)CN)c([N+](=O)[O-])c1. The summed E-state index contributed by atoms with van der Waals surface area (Å²) < 4.78 is 4.86. The highest BCUT2D eigenvalue weighted by atomic mass is 16.6. The Morgan fingerprint density at radius 2 is 2.33 bits per heavy atom. The van der Waals surface area contributed by atoms with Gasteiger partial charge in [-0.1, -0.05) is 0 Å². The Hall–Kier alpha value is -1.66. The maximum atomic E-state index is 10.7. The number of aliphatic hydroxyl groups excluding tert-OH is 1. The summed E-state index contributed by atoms with van der Waals surface area (Å²) in [5, 5.41) is 20.2. The lowest BCUT2D eigenvalue weighted by Crippen LogP contribution is -2.13. The highest BCUT2D eigenvalue weighted by Crippen LogP contribution is 2.28. The Kier molecular flexibility index (Phi) is 3.59. The summed E-state index contributed by atoms with van der Waals surface area (Å²) in [5.41, 5.74) is 5.25. The molecule has 0 aliphatic carbocycles. The molecule has 3 N–H and O–H groups in total. The quantitative estimate of drug-likeness (QED) is 0.562. The molecule has 1 unspecified atom stereocenters. The van der Waals surface area contributed by atoms with E-state index in [0.29, 0.717) is 5.75 Å². The van der Waals surface area contributed by atoms with Crippen LogP contribution in [0.15, 0.2) is 18.2 Å². The van der Waals surface area contributed by atoms with Gasteiger partial charge in [0.05, 0.1) is 29.8 Å². The second-order valence-electron chi connectivity index (χ2n) is 2.93. The molecule has 82 valence electrons. The summed E-state index contributed by atoms with van der Waals surface area (Å²) in [7, 11) is 1.41. The zero-order valence-electron chi connectivity index (χ0n) is 8.21. The number of benzene rings is 1. The van der Waals surface area contributed by atoms with Gasteiger partial charge < -0.3 is 15.6 Å². The van der Waals surface area contributed by atoms with Crippen molar-refractivity contribution in [1.29, 1.82) is 0 Å². The molecule has 0 amide bonds. The zero-order valence-corrected chi connectivity index (χ0v) is 8.21. The normalized spacial score (nSPS) is 12.2. The van der Waals surface area contributed by atoms with Crippen LogP contribution in [0.5, 0.6) is 5.75 Å². The maximum Gasteiger partial charge on any atom is 0.278 e. The molecule has 1 rings (SSSR count). The van der Waals surface area contributed by atoms with Crippen LogP contribution >= 0.6 is 0 Å². The summed E-state index contributed by atoms with van der Waals surface area (Å²) in [6.07, 6.45) is -1.03. The zero-order chi connectivity index (χ0) is 11.4. The van der Waals surface area contributed by atoms with E-state index in [0.717, 1.165) is 0 Å². The molecule has 0 fully saturated rings. The van der Waals surface area contributed by atoms with Gasteiger partial charge in [0.1, 0.15) is 5.75 Å². The number of aliphatic hydroxyl groups is 1. The van der Waals surface area contributed by atoms with E-state index < -0.39 is 11.0 Å². The van der Waals surface area contributed by atoms with Crippen LogP contribution in [0, 0.1) is 10.1 Å². The second kappa shape index (κ2) is 4.72. The maximum absolute atomic E-state index is 10.7. The predicted octanol–water partition coefficient (Wildman–Crippen LogP) is 0.596. The molecule has 0 spiro atoms. The van der Waals surface area contributed by atoms with Crippen LogP contribution < -0.4 is 10.5 Å². The molecule has 6 nitrogen and oxygen atoms in total. The smallest absolute Gasteiger partial charge is 0.278 e. The van der Waals surface area contributed by atoms with Crippen LogP contribution in [-0.2, 0) is 0 Å². The second-order valence-corrected chi connectivity index (χ2v) is 2.93. The molecule has 1 atom stereocenters. The predicted molar refractivity (Wildman–Crippen MR) is 53.7 cm³/mol. The van der Waals surface area contributed by atoms with Gasteiger partial charge in [0.25, 0.3) is 5.69 Å². The molecule has 6 heteroatoms. The van der Waals surface area contributed by atoms with E-state index in [1.54, 1.807) is 6.07 Å². The van der Waals surface area contributed by atoms with Crippen molar-refractivity contribution in [3.05, 3.63) is 33.9 Å². The third kappa shape index (κ3) is 2.42. The molecular formula is C9H12N2O4. The number of nitro benzene ring substituents is 1. The van der Waals surface area contributed by atoms with Crippen LogP contribution in [-0.4, -0.2) is 23.7 Å². The average Bonchev–Trinajstić information content (AvgIpc) is 2.27. The van der Waals surface area contributed by atoms with Gasteiger partial charge in [-0.2, -0.15) is 0 Å². The van der Waals surface area contributed by atoms with Gasteiger partial charge in [0, 0.05) is 6.54 Å². The Bertz CT molecular complexity index is 367. The van der Waals surface area contributed by atoms with E-state index in [-0.39, 0.29) is 17.8 Å². The number of ether oxygens (including phenoxy) is 1. The number of nitro groups is 1. The highest BCUT2D eigenvalue weighted by Gasteiger charge is 2.20. The molecule has 1 aromatic rings. The third-order valence-corrected chi connectivity index (χ3v) is 2.02. The molecule has 0 aliphatic heterocycles. The van der Waals surface area contributed by atoms with Crippen LogP contribution in [0.2, 0.25) is 0 Å². The van der Waals surface area contributed by atoms with Crippen molar-refractivity contribution in [2.24, 2.45) is 5.73 Å². The molecular weight excluding hydrogens is 200 g/mol. The minimum atomic E-state index is -1.03. The minimum Gasteiger partial charge on any atom is -0.497 e. The Balaban J connectivity index is 3.21. The van der Waals surface area contributed by atoms with Gasteiger partial charge in [-0.05, 0) is 12.1 Å². The lowest BCUT2D eigenvalue weighted by Gasteiger charge is -2.09. The van der Waals surface area contributed by atoms with Crippen molar-refractivity contribution >= 4 is 5.69 Å². The Labute approximate surface area is 86.4 Å². The Morgan fingerprint density at radius 3 is 2.80 bits per heavy atom. The van der Waals surface area contributed by atoms with Gasteiger partial charge in [-0.3, -0.25) is 10.1 Å². The summed E-state index contributed by atoms with van der Waals surface area (Å²) in [5.74, 6) is 0.370. The first kappa shape index (κ1) is 11.4. The van der Waals surface area contributed by atoms with E-state index in [2.05, 4.69) is 0 Å². The molecule has 0 aromatic heterocycles. The molecule has 0 heterocycles. The number of nitrogens with two attached hydrogens (primary N) is 1. The molecule has 0 saturated carbocycles. The van der Waals surface area contributed by atoms with Crippen LogP contribution in [0.1, 0.15) is 11.7 Å². The first-order valence-corrected chi connectivity index (χ1v) is 4.30. The molecule has 15 heavy (non-hydrogen) atoms. The fourth-order valence-corrected chi connectivity index (χ4v) is 1.22. The van der Waals surface area contributed by atoms with Crippen LogP contribution in [0.4, 0.5) is 5.69 Å². The van der Waals surface area contributed by atoms with Gasteiger partial charge in [0.2, 0.25) is 0 Å². The fourth-order valence-electron chi connectivity index (χ4n) is 1.22. The van der Waals surface area contributed by atoms with Crippen LogP contribution in [0.25, 0.3) is 0 Å². The van der Waals surface area contributed by atoms with Crippen molar-refractivity contribution < 1.29 is 14.8 Å². The first-order valence-electron chi connectivity index (χ1n) is 4.30. The number of nitrogens with zero attached hydrogens (tertiary/aromatic N) is 1. The monoisotopic (exact) mass is 212 g/mol. The molecule has 0 aliphatic rings. The number of hydrogen-bond donors (Lipinski definition) is 2. The van der Waals surface area contributed by atoms with Gasteiger partial charge in [0.15, 0.2) is 0 Å². The van der Waals surface area contributed by atoms with Crippen molar-refractivity contribution in [2.45, 2.75) is 6.10 Å². The summed E-state index contributed by atoms with van der Waals surface area (Å²) in [6.45, 7) is -0.0623. The summed E-state index contributed by atoms with van der Waals surface area (Å²) in [4.78, 5) is 10.1. The Morgan fingerprint density at radius 1 is 1.67 bits per heavy atom. The lowest BCUT2D eigenvalue weighted by molar-refractivity contribution is -0.386. The van der Waals surface area contributed by atoms with Crippen molar-refractivity contribution in [1.82, 2.24) is 0 Å². The van der Waals surface area contributed by atoms with Gasteiger partial charge >= 0.3 is 0 Å². The largest absolute Gasteiger partial charge is 0.497 e. The average molecular weight is 212 g/mol. The highest BCUT2D eigenvalue weighted by molar-refractivity contribution is 5.47. The first-order chi connectivity index (χ1) is 7.10. The summed E-state index contributed by atoms with van der Waals surface area (Å²) >= 11 is 0. The number of hydrogen-bond acceptors (Lipinski definition) is 5. The van der Waals surface area contributed by atoms with Crippen molar-refractivity contribution in [3.63, 3.8) is 0 Å². The standard InChI is InChI=1S/C9H12N2O4/c1-15-6-2-3-7(9(12)5-10)8(4-6)11(13)14/h2-4,9,12H,5,10H2,1H3. The van der Waals surface area contributed by atoms with Gasteiger partial charge in [-0.15, -0.1) is 0 Å². The molecule has 0 radical (unpaired) electrons.